The van der Waals surface area contributed by atoms with E-state index in [2.05, 4.69) is 11.4 Å². The van der Waals surface area contributed by atoms with Crippen LogP contribution < -0.4 is 0 Å². The van der Waals surface area contributed by atoms with E-state index < -0.39 is 11.6 Å². The lowest BCUT2D eigenvalue weighted by atomic mass is 10.2. The van der Waals surface area contributed by atoms with Crippen LogP contribution in [0.2, 0.25) is 0 Å². The summed E-state index contributed by atoms with van der Waals surface area (Å²) in [7, 11) is 0. The number of hydrogen-bond acceptors (Lipinski definition) is 2. The Hall–Kier alpha value is -1.45. The zero-order chi connectivity index (χ0) is 11.1. The number of benzene rings is 1. The van der Waals surface area contributed by atoms with Gasteiger partial charge in [0.15, 0.2) is 0 Å². The minimum atomic E-state index is -0.616. The van der Waals surface area contributed by atoms with E-state index in [1.54, 1.807) is 0 Å². The van der Waals surface area contributed by atoms with Crippen molar-refractivity contribution in [3.63, 3.8) is 0 Å². The second-order valence-electron chi connectivity index (χ2n) is 3.05. The molecule has 0 bridgehead atoms. The molecule has 0 unspecified atom stereocenters. The van der Waals surface area contributed by atoms with Crippen LogP contribution in [0, 0.1) is 11.6 Å². The van der Waals surface area contributed by atoms with Crippen molar-refractivity contribution in [2.75, 3.05) is 0 Å². The van der Waals surface area contributed by atoms with E-state index in [0.29, 0.717) is 12.0 Å². The summed E-state index contributed by atoms with van der Waals surface area (Å²) in [5.74, 6) is -1.23. The highest BCUT2D eigenvalue weighted by Gasteiger charge is 2.00. The fourth-order valence-electron chi connectivity index (χ4n) is 1.00. The maximum atomic E-state index is 12.7. The summed E-state index contributed by atoms with van der Waals surface area (Å²) in [6.07, 6.45) is 4.29. The normalized spacial score (nSPS) is 10.9. The van der Waals surface area contributed by atoms with E-state index in [1.807, 2.05) is 6.92 Å². The Morgan fingerprint density at radius 3 is 2.53 bits per heavy atom. The Balaban J connectivity index is 2.43. The van der Waals surface area contributed by atoms with Crippen molar-refractivity contribution in [3.8, 4) is 0 Å². The first kappa shape index (κ1) is 11.6. The Morgan fingerprint density at radius 1 is 1.27 bits per heavy atom. The molecule has 1 aromatic rings. The molecule has 1 radical (unpaired) electrons. The van der Waals surface area contributed by atoms with Crippen LogP contribution in [0.25, 0.3) is 0 Å². The molecule has 0 atom stereocenters. The smallest absolute Gasteiger partial charge is 0.142 e. The largest absolute Gasteiger partial charge is 0.391 e. The van der Waals surface area contributed by atoms with Gasteiger partial charge in [-0.25, -0.2) is 8.78 Å². The molecule has 1 rings (SSSR count). The van der Waals surface area contributed by atoms with Gasteiger partial charge >= 0.3 is 0 Å². The molecule has 0 N–H and O–H groups in total. The molecule has 0 saturated heterocycles. The first-order valence-electron chi connectivity index (χ1n) is 4.72. The SMILES string of the molecule is CCC/[C]=N/OCc1cc(F)cc(F)c1. The Morgan fingerprint density at radius 2 is 1.93 bits per heavy atom. The van der Waals surface area contributed by atoms with Crippen LogP contribution in [0.3, 0.4) is 0 Å². The van der Waals surface area contributed by atoms with Gasteiger partial charge in [-0.15, -0.1) is 0 Å². The lowest BCUT2D eigenvalue weighted by molar-refractivity contribution is 0.131. The maximum absolute atomic E-state index is 12.7. The third-order valence-corrected chi connectivity index (χ3v) is 1.64. The molecule has 0 amide bonds. The highest BCUT2D eigenvalue weighted by atomic mass is 19.1. The molecule has 0 spiro atoms. The third kappa shape index (κ3) is 4.54. The molecule has 0 saturated carbocycles. The Labute approximate surface area is 87.6 Å². The minimum absolute atomic E-state index is 0.0470. The first-order chi connectivity index (χ1) is 7.22. The number of halogens is 2. The summed E-state index contributed by atoms with van der Waals surface area (Å²) >= 11 is 0. The lowest BCUT2D eigenvalue weighted by Crippen LogP contribution is -1.90. The van der Waals surface area contributed by atoms with Crippen molar-refractivity contribution in [3.05, 3.63) is 35.4 Å². The molecule has 0 aliphatic rings. The van der Waals surface area contributed by atoms with Gasteiger partial charge in [0.2, 0.25) is 0 Å². The summed E-state index contributed by atoms with van der Waals surface area (Å²) in [5, 5.41) is 3.52. The lowest BCUT2D eigenvalue weighted by Gasteiger charge is -2.00. The molecule has 15 heavy (non-hydrogen) atoms. The predicted octanol–water partition coefficient (Wildman–Crippen LogP) is 3.14. The van der Waals surface area contributed by atoms with Gasteiger partial charge < -0.3 is 4.84 Å². The van der Waals surface area contributed by atoms with Gasteiger partial charge in [0.1, 0.15) is 24.5 Å². The van der Waals surface area contributed by atoms with E-state index in [0.717, 1.165) is 12.5 Å². The zero-order valence-corrected chi connectivity index (χ0v) is 8.46. The van der Waals surface area contributed by atoms with Gasteiger partial charge in [0.05, 0.1) is 0 Å². The second kappa shape index (κ2) is 6.11. The monoisotopic (exact) mass is 212 g/mol. The molecule has 1 aromatic carbocycles. The zero-order valence-electron chi connectivity index (χ0n) is 8.46. The van der Waals surface area contributed by atoms with Crippen LogP contribution in [0.5, 0.6) is 0 Å². The number of unbranched alkanes of at least 4 members (excludes halogenated alkanes) is 1. The molecule has 0 aliphatic heterocycles. The van der Waals surface area contributed by atoms with Gasteiger partial charge in [-0.3, -0.25) is 0 Å². The van der Waals surface area contributed by atoms with Crippen LogP contribution in [-0.2, 0) is 11.4 Å². The van der Waals surface area contributed by atoms with Crippen molar-refractivity contribution < 1.29 is 13.6 Å². The maximum Gasteiger partial charge on any atom is 0.142 e. The molecule has 4 heteroatoms. The predicted molar refractivity (Wildman–Crippen MR) is 53.5 cm³/mol. The molecule has 0 aliphatic carbocycles. The number of hydrogen-bond donors (Lipinski definition) is 0. The molecule has 0 aromatic heterocycles. The average Bonchev–Trinajstić information content (AvgIpc) is 2.16. The van der Waals surface area contributed by atoms with Crippen LogP contribution >= 0.6 is 0 Å². The highest BCUT2D eigenvalue weighted by molar-refractivity contribution is 5.55. The van der Waals surface area contributed by atoms with Gasteiger partial charge in [-0.2, -0.15) is 0 Å². The molecule has 0 heterocycles. The van der Waals surface area contributed by atoms with Crippen molar-refractivity contribution in [1.82, 2.24) is 0 Å². The molecular weight excluding hydrogens is 200 g/mol. The molecule has 0 fully saturated rings. The second-order valence-corrected chi connectivity index (χ2v) is 3.05. The van der Waals surface area contributed by atoms with Gasteiger partial charge in [-0.1, -0.05) is 18.5 Å². The molecule has 2 nitrogen and oxygen atoms in total. The quantitative estimate of drug-likeness (QED) is 0.542. The van der Waals surface area contributed by atoms with Crippen LogP contribution in [0.4, 0.5) is 8.78 Å². The van der Waals surface area contributed by atoms with E-state index in [9.17, 15) is 8.78 Å². The minimum Gasteiger partial charge on any atom is -0.391 e. The van der Waals surface area contributed by atoms with Crippen LogP contribution in [-0.4, -0.2) is 6.21 Å². The van der Waals surface area contributed by atoms with Gasteiger partial charge in [0.25, 0.3) is 0 Å². The average molecular weight is 212 g/mol. The van der Waals surface area contributed by atoms with Crippen LogP contribution in [0.15, 0.2) is 23.4 Å². The summed E-state index contributed by atoms with van der Waals surface area (Å²) in [6, 6.07) is 3.23. The van der Waals surface area contributed by atoms with Crippen molar-refractivity contribution >= 4 is 6.21 Å². The number of nitrogens with zero attached hydrogens (tertiary/aromatic N) is 1. The standard InChI is InChI=1S/C11H12F2NO/c1-2-3-4-14-15-8-9-5-10(12)7-11(13)6-9/h5-7H,2-3,8H2,1H3. The fraction of sp³-hybridized carbons (Fsp3) is 0.364. The van der Waals surface area contributed by atoms with E-state index in [1.165, 1.54) is 12.1 Å². The summed E-state index contributed by atoms with van der Waals surface area (Å²) in [4.78, 5) is 4.81. The topological polar surface area (TPSA) is 21.6 Å². The van der Waals surface area contributed by atoms with Crippen molar-refractivity contribution in [2.45, 2.75) is 26.4 Å². The fourth-order valence-corrected chi connectivity index (χ4v) is 1.00. The van der Waals surface area contributed by atoms with Gasteiger partial charge in [-0.05, 0) is 24.1 Å². The van der Waals surface area contributed by atoms with Crippen LogP contribution in [0.1, 0.15) is 25.3 Å². The summed E-state index contributed by atoms with van der Waals surface area (Å²) in [6.45, 7) is 2.04. The summed E-state index contributed by atoms with van der Waals surface area (Å²) in [5.41, 5.74) is 0.412. The third-order valence-electron chi connectivity index (χ3n) is 1.64. The van der Waals surface area contributed by atoms with Crippen molar-refractivity contribution in [2.24, 2.45) is 5.16 Å². The highest BCUT2D eigenvalue weighted by Crippen LogP contribution is 2.08. The van der Waals surface area contributed by atoms with E-state index in [4.69, 9.17) is 4.84 Å². The summed E-state index contributed by atoms with van der Waals surface area (Å²) < 4.78 is 25.4. The molecular formula is C11H12F2NO. The first-order valence-corrected chi connectivity index (χ1v) is 4.72. The Kier molecular flexibility index (Phi) is 4.74. The van der Waals surface area contributed by atoms with Crippen molar-refractivity contribution in [1.29, 1.82) is 0 Å². The van der Waals surface area contributed by atoms with E-state index in [-0.39, 0.29) is 6.61 Å². The van der Waals surface area contributed by atoms with E-state index >= 15 is 0 Å². The van der Waals surface area contributed by atoms with Gasteiger partial charge in [0, 0.05) is 6.07 Å². The molecule has 81 valence electrons. The Bertz CT molecular complexity index is 319. The number of rotatable bonds is 5.